The minimum absolute atomic E-state index is 0.440. The number of hydrogen-bond donors (Lipinski definition) is 2. The summed E-state index contributed by atoms with van der Waals surface area (Å²) in [5, 5.41) is 11.4. The summed E-state index contributed by atoms with van der Waals surface area (Å²) < 4.78 is 7.38. The fourth-order valence-electron chi connectivity index (χ4n) is 3.45. The Morgan fingerprint density at radius 2 is 2.24 bits per heavy atom. The molecule has 10 heteroatoms. The van der Waals surface area contributed by atoms with E-state index >= 15 is 0 Å². The van der Waals surface area contributed by atoms with Crippen molar-refractivity contribution in [1.82, 2.24) is 35.0 Å². The second kappa shape index (κ2) is 9.10. The molecule has 3 aromatic heterocycles. The first-order valence-corrected chi connectivity index (χ1v) is 10.1. The maximum atomic E-state index is 5.50. The third-order valence-corrected chi connectivity index (χ3v) is 4.99. The molecule has 1 aliphatic heterocycles. The molecule has 0 aliphatic carbocycles. The number of rotatable bonds is 8. The van der Waals surface area contributed by atoms with Gasteiger partial charge in [-0.25, -0.2) is 15.0 Å². The summed E-state index contributed by atoms with van der Waals surface area (Å²) in [6, 6.07) is 2.25. The average molecular weight is 397 g/mol. The molecule has 0 radical (unpaired) electrons. The number of hydrogen-bond acceptors (Lipinski definition) is 9. The Labute approximate surface area is 169 Å². The third kappa shape index (κ3) is 4.43. The molecule has 154 valence electrons. The topological polar surface area (TPSA) is 106 Å². The zero-order valence-electron chi connectivity index (χ0n) is 16.9. The monoisotopic (exact) mass is 397 g/mol. The van der Waals surface area contributed by atoms with Gasteiger partial charge in [-0.2, -0.15) is 10.1 Å². The van der Waals surface area contributed by atoms with Crippen LogP contribution in [-0.2, 0) is 11.3 Å². The van der Waals surface area contributed by atoms with Crippen LogP contribution in [0.25, 0.3) is 11.0 Å². The van der Waals surface area contributed by atoms with E-state index in [1.165, 1.54) is 6.33 Å². The molecule has 2 N–H and O–H groups in total. The molecule has 0 saturated carbocycles. The van der Waals surface area contributed by atoms with Crippen molar-refractivity contribution < 1.29 is 4.74 Å². The molecule has 1 saturated heterocycles. The van der Waals surface area contributed by atoms with Gasteiger partial charge in [-0.05, 0) is 19.4 Å². The van der Waals surface area contributed by atoms with Crippen LogP contribution in [0.4, 0.5) is 17.6 Å². The standard InChI is InChI=1S/C19H27N9O/c1-3-14-12-27(8-7-21-14)19-24-15-11-23-28(9-10-29-4-2)17(15)18(26-19)25-16-5-6-20-13-22-16/h5-6,11,13-14,21H,3-4,7-10,12H2,1-2H3,(H,20,22,24,25,26)/t14-/m1/s1. The van der Waals surface area contributed by atoms with Crippen molar-refractivity contribution >= 4 is 28.6 Å². The summed E-state index contributed by atoms with van der Waals surface area (Å²) >= 11 is 0. The Morgan fingerprint density at radius 1 is 1.31 bits per heavy atom. The third-order valence-electron chi connectivity index (χ3n) is 4.99. The summed E-state index contributed by atoms with van der Waals surface area (Å²) in [5.74, 6) is 2.07. The van der Waals surface area contributed by atoms with Crippen LogP contribution in [0.5, 0.6) is 0 Å². The molecule has 3 aromatic rings. The lowest BCUT2D eigenvalue weighted by atomic mass is 10.2. The van der Waals surface area contributed by atoms with E-state index in [9.17, 15) is 0 Å². The quantitative estimate of drug-likeness (QED) is 0.548. The number of anilines is 3. The molecule has 0 amide bonds. The number of aromatic nitrogens is 6. The fourth-order valence-corrected chi connectivity index (χ4v) is 3.45. The zero-order chi connectivity index (χ0) is 20.1. The second-order valence-electron chi connectivity index (χ2n) is 6.90. The molecule has 4 rings (SSSR count). The van der Waals surface area contributed by atoms with Crippen molar-refractivity contribution in [3.05, 3.63) is 24.8 Å². The van der Waals surface area contributed by atoms with Crippen LogP contribution >= 0.6 is 0 Å². The van der Waals surface area contributed by atoms with Crippen molar-refractivity contribution in [2.24, 2.45) is 0 Å². The van der Waals surface area contributed by atoms with E-state index in [2.05, 4.69) is 37.5 Å². The van der Waals surface area contributed by atoms with Gasteiger partial charge in [-0.15, -0.1) is 0 Å². The Hall–Kier alpha value is -2.85. The van der Waals surface area contributed by atoms with Crippen molar-refractivity contribution in [3.63, 3.8) is 0 Å². The average Bonchev–Trinajstić information content (AvgIpc) is 3.18. The van der Waals surface area contributed by atoms with Crippen molar-refractivity contribution in [2.75, 3.05) is 43.1 Å². The van der Waals surface area contributed by atoms with Gasteiger partial charge in [0.15, 0.2) is 5.82 Å². The minimum atomic E-state index is 0.440. The van der Waals surface area contributed by atoms with Gasteiger partial charge >= 0.3 is 0 Å². The number of nitrogens with zero attached hydrogens (tertiary/aromatic N) is 7. The molecule has 0 bridgehead atoms. The highest BCUT2D eigenvalue weighted by Crippen LogP contribution is 2.26. The highest BCUT2D eigenvalue weighted by molar-refractivity contribution is 5.88. The van der Waals surface area contributed by atoms with E-state index < -0.39 is 0 Å². The summed E-state index contributed by atoms with van der Waals surface area (Å²) in [4.78, 5) is 20.2. The molecule has 29 heavy (non-hydrogen) atoms. The molecular formula is C19H27N9O. The van der Waals surface area contributed by atoms with Gasteiger partial charge in [-0.3, -0.25) is 4.68 Å². The second-order valence-corrected chi connectivity index (χ2v) is 6.90. The zero-order valence-corrected chi connectivity index (χ0v) is 16.9. The van der Waals surface area contributed by atoms with Gasteiger partial charge in [0.2, 0.25) is 5.95 Å². The molecule has 10 nitrogen and oxygen atoms in total. The van der Waals surface area contributed by atoms with Crippen molar-refractivity contribution in [1.29, 1.82) is 0 Å². The van der Waals surface area contributed by atoms with Gasteiger partial charge in [0.05, 0.1) is 19.3 Å². The van der Waals surface area contributed by atoms with Gasteiger partial charge in [-0.1, -0.05) is 6.92 Å². The van der Waals surface area contributed by atoms with E-state index in [1.807, 2.05) is 17.7 Å². The lowest BCUT2D eigenvalue weighted by Crippen LogP contribution is -2.51. The molecule has 0 aromatic carbocycles. The van der Waals surface area contributed by atoms with Crippen LogP contribution in [0.15, 0.2) is 24.8 Å². The number of fused-ring (bicyclic) bond motifs is 1. The van der Waals surface area contributed by atoms with E-state index in [0.717, 1.165) is 37.1 Å². The number of piperazine rings is 1. The van der Waals surface area contributed by atoms with Crippen LogP contribution < -0.4 is 15.5 Å². The highest BCUT2D eigenvalue weighted by Gasteiger charge is 2.22. The van der Waals surface area contributed by atoms with Crippen molar-refractivity contribution in [3.8, 4) is 0 Å². The maximum Gasteiger partial charge on any atom is 0.228 e. The van der Waals surface area contributed by atoms with Crippen molar-refractivity contribution in [2.45, 2.75) is 32.9 Å². The largest absolute Gasteiger partial charge is 0.380 e. The molecule has 1 aliphatic rings. The molecule has 4 heterocycles. The molecular weight excluding hydrogens is 370 g/mol. The molecule has 0 spiro atoms. The summed E-state index contributed by atoms with van der Waals surface area (Å²) in [5.41, 5.74) is 1.64. The molecule has 1 atom stereocenters. The van der Waals surface area contributed by atoms with E-state index in [4.69, 9.17) is 14.7 Å². The van der Waals surface area contributed by atoms with Crippen LogP contribution in [0.2, 0.25) is 0 Å². The predicted octanol–water partition coefficient (Wildman–Crippen LogP) is 1.58. The summed E-state index contributed by atoms with van der Waals surface area (Å²) in [6.45, 7) is 8.73. The van der Waals surface area contributed by atoms with Gasteiger partial charge in [0, 0.05) is 38.5 Å². The van der Waals surface area contributed by atoms with Gasteiger partial charge < -0.3 is 20.3 Å². The molecule has 1 fully saturated rings. The number of nitrogens with one attached hydrogen (secondary N) is 2. The van der Waals surface area contributed by atoms with Gasteiger partial charge in [0.1, 0.15) is 23.2 Å². The SMILES string of the molecule is CCOCCn1ncc2nc(N3CCN[C@H](CC)C3)nc(Nc3ccncn3)c21. The lowest BCUT2D eigenvalue weighted by molar-refractivity contribution is 0.137. The van der Waals surface area contributed by atoms with E-state index in [-0.39, 0.29) is 0 Å². The smallest absolute Gasteiger partial charge is 0.228 e. The predicted molar refractivity (Wildman–Crippen MR) is 111 cm³/mol. The maximum absolute atomic E-state index is 5.50. The summed E-state index contributed by atoms with van der Waals surface area (Å²) in [6.07, 6.45) is 6.07. The first kappa shape index (κ1) is 19.5. The first-order valence-electron chi connectivity index (χ1n) is 10.1. The van der Waals surface area contributed by atoms with Crippen LogP contribution in [0, 0.1) is 0 Å². The highest BCUT2D eigenvalue weighted by atomic mass is 16.5. The van der Waals surface area contributed by atoms with Crippen LogP contribution in [-0.4, -0.2) is 68.6 Å². The fraction of sp³-hybridized carbons (Fsp3) is 0.526. The van der Waals surface area contributed by atoms with E-state index in [0.29, 0.717) is 43.4 Å². The summed E-state index contributed by atoms with van der Waals surface area (Å²) in [7, 11) is 0. The lowest BCUT2D eigenvalue weighted by Gasteiger charge is -2.33. The van der Waals surface area contributed by atoms with E-state index in [1.54, 1.807) is 12.4 Å². The first-order chi connectivity index (χ1) is 14.3. The van der Waals surface area contributed by atoms with Crippen LogP contribution in [0.3, 0.4) is 0 Å². The Morgan fingerprint density at radius 3 is 3.03 bits per heavy atom. The Bertz CT molecular complexity index is 930. The Kier molecular flexibility index (Phi) is 6.11. The number of ether oxygens (including phenoxy) is 1. The van der Waals surface area contributed by atoms with Crippen LogP contribution in [0.1, 0.15) is 20.3 Å². The molecule has 0 unspecified atom stereocenters. The minimum Gasteiger partial charge on any atom is -0.380 e. The Balaban J connectivity index is 1.71. The van der Waals surface area contributed by atoms with Gasteiger partial charge in [0.25, 0.3) is 0 Å². The normalized spacial score (nSPS) is 17.0.